The minimum atomic E-state index is -3.21. The van der Waals surface area contributed by atoms with Gasteiger partial charge in [-0.25, -0.2) is 13.2 Å². The normalized spacial score (nSPS) is 17.8. The van der Waals surface area contributed by atoms with Crippen molar-refractivity contribution in [3.8, 4) is 0 Å². The monoisotopic (exact) mass is 487 g/mol. The maximum Gasteiger partial charge on any atom is 0.410 e. The molecule has 8 nitrogen and oxygen atoms in total. The summed E-state index contributed by atoms with van der Waals surface area (Å²) in [4.78, 5) is 28.6. The standard InChI is InChI=1S/C22H34ClN3O5S/c1-15-13-25(8-9-26(15)21(28)31-22(3,4)5)14-17-11-18(23)12-19(16(17)2)24-20(27)7-10-32(6,29)30/h11-12,15H,7-10,13-14H2,1-6H3,(H,24,27)/t15-/m0/s1. The van der Waals surface area contributed by atoms with Crippen LogP contribution in [0.15, 0.2) is 12.1 Å². The zero-order valence-electron chi connectivity index (χ0n) is 19.7. The first-order valence-corrected chi connectivity index (χ1v) is 13.1. The number of benzene rings is 1. The second-order valence-corrected chi connectivity index (χ2v) is 12.1. The second-order valence-electron chi connectivity index (χ2n) is 9.42. The Hall–Kier alpha value is -1.84. The number of anilines is 1. The fourth-order valence-electron chi connectivity index (χ4n) is 3.53. The van der Waals surface area contributed by atoms with Gasteiger partial charge in [-0.05, 0) is 57.9 Å². The summed E-state index contributed by atoms with van der Waals surface area (Å²) in [6.07, 6.45) is 0.694. The Morgan fingerprint density at radius 1 is 1.25 bits per heavy atom. The van der Waals surface area contributed by atoms with E-state index in [4.69, 9.17) is 16.3 Å². The Bertz CT molecular complexity index is 959. The average Bonchev–Trinajstić information content (AvgIpc) is 2.62. The van der Waals surface area contributed by atoms with Crippen LogP contribution in [-0.4, -0.2) is 73.5 Å². The van der Waals surface area contributed by atoms with Gasteiger partial charge < -0.3 is 15.0 Å². The van der Waals surface area contributed by atoms with Crippen LogP contribution in [0, 0.1) is 6.92 Å². The van der Waals surface area contributed by atoms with Crippen LogP contribution in [0.3, 0.4) is 0 Å². The third kappa shape index (κ3) is 8.26. The fraction of sp³-hybridized carbons (Fsp3) is 0.636. The molecule has 1 heterocycles. The molecule has 2 rings (SSSR count). The molecule has 2 amide bonds. The van der Waals surface area contributed by atoms with E-state index in [1.165, 1.54) is 0 Å². The average molecular weight is 488 g/mol. The van der Waals surface area contributed by atoms with Crippen molar-refractivity contribution in [2.45, 2.75) is 59.2 Å². The van der Waals surface area contributed by atoms with E-state index in [-0.39, 0.29) is 30.2 Å². The van der Waals surface area contributed by atoms with E-state index in [2.05, 4.69) is 10.2 Å². The van der Waals surface area contributed by atoms with Crippen LogP contribution in [0.5, 0.6) is 0 Å². The fourth-order valence-corrected chi connectivity index (χ4v) is 4.33. The molecule has 1 atom stereocenters. The molecule has 0 radical (unpaired) electrons. The van der Waals surface area contributed by atoms with E-state index in [1.807, 2.05) is 40.7 Å². The Morgan fingerprint density at radius 2 is 1.91 bits per heavy atom. The molecule has 1 aliphatic rings. The molecule has 0 unspecified atom stereocenters. The number of nitrogens with zero attached hydrogens (tertiary/aromatic N) is 2. The molecule has 1 saturated heterocycles. The topological polar surface area (TPSA) is 96.0 Å². The lowest BCUT2D eigenvalue weighted by Crippen LogP contribution is -2.54. The van der Waals surface area contributed by atoms with Crippen LogP contribution in [0.4, 0.5) is 10.5 Å². The SMILES string of the molecule is Cc1c(CN2CCN(C(=O)OC(C)(C)C)[C@@H](C)C2)cc(Cl)cc1NC(=O)CCS(C)(=O)=O. The van der Waals surface area contributed by atoms with Crippen molar-refractivity contribution in [3.63, 3.8) is 0 Å². The number of hydrogen-bond acceptors (Lipinski definition) is 6. The lowest BCUT2D eigenvalue weighted by molar-refractivity contribution is -0.115. The molecular weight excluding hydrogens is 454 g/mol. The maximum absolute atomic E-state index is 12.4. The summed E-state index contributed by atoms with van der Waals surface area (Å²) in [5.74, 6) is -0.572. The molecule has 1 N–H and O–H groups in total. The number of hydrogen-bond donors (Lipinski definition) is 1. The Labute approximate surface area is 196 Å². The number of amides is 2. The molecule has 180 valence electrons. The zero-order chi connectivity index (χ0) is 24.3. The first-order valence-electron chi connectivity index (χ1n) is 10.6. The van der Waals surface area contributed by atoms with Gasteiger partial charge >= 0.3 is 6.09 Å². The molecule has 0 aliphatic carbocycles. The van der Waals surface area contributed by atoms with Crippen molar-refractivity contribution in [1.82, 2.24) is 9.80 Å². The number of piperazine rings is 1. The molecule has 0 spiro atoms. The highest BCUT2D eigenvalue weighted by atomic mass is 35.5. The second kappa shape index (κ2) is 10.4. The van der Waals surface area contributed by atoms with Crippen molar-refractivity contribution in [2.24, 2.45) is 0 Å². The Morgan fingerprint density at radius 3 is 2.47 bits per heavy atom. The molecule has 1 fully saturated rings. The van der Waals surface area contributed by atoms with Gasteiger partial charge in [-0.1, -0.05) is 11.6 Å². The van der Waals surface area contributed by atoms with E-state index in [0.717, 1.165) is 17.4 Å². The maximum atomic E-state index is 12.4. The highest BCUT2D eigenvalue weighted by Crippen LogP contribution is 2.27. The summed E-state index contributed by atoms with van der Waals surface area (Å²) in [6, 6.07) is 3.53. The summed E-state index contributed by atoms with van der Waals surface area (Å²) in [5, 5.41) is 3.27. The third-order valence-corrected chi connectivity index (χ3v) is 6.35. The van der Waals surface area contributed by atoms with Gasteiger partial charge in [0, 0.05) is 55.6 Å². The van der Waals surface area contributed by atoms with Crippen LogP contribution >= 0.6 is 11.6 Å². The predicted molar refractivity (Wildman–Crippen MR) is 127 cm³/mol. The summed E-state index contributed by atoms with van der Waals surface area (Å²) in [5.41, 5.74) is 1.89. The Kier molecular flexibility index (Phi) is 8.58. The minimum Gasteiger partial charge on any atom is -0.444 e. The van der Waals surface area contributed by atoms with Gasteiger partial charge in [0.25, 0.3) is 0 Å². The van der Waals surface area contributed by atoms with E-state index < -0.39 is 15.4 Å². The van der Waals surface area contributed by atoms with E-state index >= 15 is 0 Å². The molecule has 1 aromatic rings. The van der Waals surface area contributed by atoms with Crippen molar-refractivity contribution < 1.29 is 22.7 Å². The molecule has 0 saturated carbocycles. The van der Waals surface area contributed by atoms with Gasteiger partial charge in [0.1, 0.15) is 15.4 Å². The minimum absolute atomic E-state index is 0.00624. The number of rotatable bonds is 6. The number of sulfone groups is 1. The van der Waals surface area contributed by atoms with Gasteiger partial charge in [-0.3, -0.25) is 9.69 Å². The van der Waals surface area contributed by atoms with Crippen molar-refractivity contribution in [2.75, 3.05) is 37.0 Å². The van der Waals surface area contributed by atoms with Crippen molar-refractivity contribution in [3.05, 3.63) is 28.3 Å². The van der Waals surface area contributed by atoms with Gasteiger partial charge in [0.2, 0.25) is 5.91 Å². The quantitative estimate of drug-likeness (QED) is 0.660. The number of halogens is 1. The van der Waals surface area contributed by atoms with Crippen LogP contribution in [-0.2, 0) is 25.9 Å². The Balaban J connectivity index is 2.04. The lowest BCUT2D eigenvalue weighted by atomic mass is 10.0. The molecule has 32 heavy (non-hydrogen) atoms. The van der Waals surface area contributed by atoms with Gasteiger partial charge in [-0.15, -0.1) is 0 Å². The summed E-state index contributed by atoms with van der Waals surface area (Å²) in [6.45, 7) is 12.0. The van der Waals surface area contributed by atoms with Gasteiger partial charge in [0.15, 0.2) is 0 Å². The van der Waals surface area contributed by atoms with E-state index in [0.29, 0.717) is 36.9 Å². The first-order chi connectivity index (χ1) is 14.6. The van der Waals surface area contributed by atoms with Crippen LogP contribution in [0.2, 0.25) is 5.02 Å². The molecule has 1 aliphatic heterocycles. The summed E-state index contributed by atoms with van der Waals surface area (Å²) >= 11 is 6.29. The summed E-state index contributed by atoms with van der Waals surface area (Å²) in [7, 11) is -3.21. The summed E-state index contributed by atoms with van der Waals surface area (Å²) < 4.78 is 28.1. The van der Waals surface area contributed by atoms with Crippen LogP contribution < -0.4 is 5.32 Å². The lowest BCUT2D eigenvalue weighted by Gasteiger charge is -2.40. The van der Waals surface area contributed by atoms with Gasteiger partial charge in [-0.2, -0.15) is 0 Å². The predicted octanol–water partition coefficient (Wildman–Crippen LogP) is 3.46. The highest BCUT2D eigenvalue weighted by molar-refractivity contribution is 7.90. The smallest absolute Gasteiger partial charge is 0.410 e. The van der Waals surface area contributed by atoms with E-state index in [1.54, 1.807) is 11.0 Å². The number of carbonyl (C=O) groups is 2. The molecule has 10 heteroatoms. The third-order valence-electron chi connectivity index (χ3n) is 5.19. The van der Waals surface area contributed by atoms with Crippen LogP contribution in [0.1, 0.15) is 45.2 Å². The molecular formula is C22H34ClN3O5S. The van der Waals surface area contributed by atoms with Crippen molar-refractivity contribution >= 4 is 39.1 Å². The largest absolute Gasteiger partial charge is 0.444 e. The van der Waals surface area contributed by atoms with Crippen molar-refractivity contribution in [1.29, 1.82) is 0 Å². The number of ether oxygens (including phenoxy) is 1. The number of nitrogens with one attached hydrogen (secondary N) is 1. The highest BCUT2D eigenvalue weighted by Gasteiger charge is 2.31. The van der Waals surface area contributed by atoms with E-state index in [9.17, 15) is 18.0 Å². The first kappa shape index (κ1) is 26.4. The molecule has 0 aromatic heterocycles. The zero-order valence-corrected chi connectivity index (χ0v) is 21.3. The molecule has 0 bridgehead atoms. The molecule has 1 aromatic carbocycles. The number of carbonyl (C=O) groups excluding carboxylic acids is 2. The van der Waals surface area contributed by atoms with Gasteiger partial charge in [0.05, 0.1) is 5.75 Å². The van der Waals surface area contributed by atoms with Crippen LogP contribution in [0.25, 0.3) is 0 Å².